The van der Waals surface area contributed by atoms with Gasteiger partial charge in [0, 0.05) is 0 Å². The summed E-state index contributed by atoms with van der Waals surface area (Å²) in [7, 11) is 0. The lowest BCUT2D eigenvalue weighted by atomic mass is 10.2. The second kappa shape index (κ2) is 3.46. The van der Waals surface area contributed by atoms with Gasteiger partial charge in [0.25, 0.3) is 0 Å². The molecule has 0 unspecified atom stereocenters. The molecule has 0 rings (SSSR count). The zero-order chi connectivity index (χ0) is 6.57. The summed E-state index contributed by atoms with van der Waals surface area (Å²) in [5, 5.41) is 17.3. The average molecular weight is 117 g/mol. The van der Waals surface area contributed by atoms with Crippen LogP contribution in [0.3, 0.4) is 0 Å². The van der Waals surface area contributed by atoms with Crippen LogP contribution in [0.4, 0.5) is 0 Å². The first-order valence-electron chi connectivity index (χ1n) is 2.43. The van der Waals surface area contributed by atoms with Crippen LogP contribution in [0.1, 0.15) is 6.92 Å². The molecule has 48 valence electrons. The molecule has 0 saturated carbocycles. The van der Waals surface area contributed by atoms with Crippen molar-refractivity contribution in [1.82, 2.24) is 0 Å². The standard InChI is InChI=1S/C5H11NO2/c1-4(7)5(8)2-3-6/h2-5,7-8H,6H2,1H3/t4-,5+/m0/s1. The molecule has 0 amide bonds. The molecule has 0 fully saturated rings. The number of aliphatic hydroxyl groups excluding tert-OH is 2. The molecule has 0 saturated heterocycles. The lowest BCUT2D eigenvalue weighted by molar-refractivity contribution is 0.0618. The highest BCUT2D eigenvalue weighted by molar-refractivity contribution is 4.87. The van der Waals surface area contributed by atoms with E-state index in [0.717, 1.165) is 0 Å². The third-order valence-electron chi connectivity index (χ3n) is 0.803. The van der Waals surface area contributed by atoms with Crippen LogP contribution in [-0.4, -0.2) is 22.4 Å². The van der Waals surface area contributed by atoms with Crippen LogP contribution in [0.2, 0.25) is 0 Å². The topological polar surface area (TPSA) is 66.5 Å². The van der Waals surface area contributed by atoms with Crippen LogP contribution in [0.15, 0.2) is 12.3 Å². The molecule has 0 radical (unpaired) electrons. The van der Waals surface area contributed by atoms with Gasteiger partial charge in [0.1, 0.15) is 0 Å². The highest BCUT2D eigenvalue weighted by atomic mass is 16.3. The molecule has 0 aromatic heterocycles. The van der Waals surface area contributed by atoms with E-state index in [1.165, 1.54) is 19.2 Å². The van der Waals surface area contributed by atoms with E-state index in [1.807, 2.05) is 0 Å². The van der Waals surface area contributed by atoms with E-state index in [4.69, 9.17) is 15.9 Å². The summed E-state index contributed by atoms with van der Waals surface area (Å²) in [6.45, 7) is 1.49. The van der Waals surface area contributed by atoms with Crippen molar-refractivity contribution in [3.8, 4) is 0 Å². The van der Waals surface area contributed by atoms with E-state index in [0.29, 0.717) is 0 Å². The van der Waals surface area contributed by atoms with Crippen LogP contribution in [0.25, 0.3) is 0 Å². The Kier molecular flexibility index (Phi) is 3.23. The molecule has 0 aliphatic rings. The SMILES string of the molecule is C[C@H](O)[C@H](O)C=CN. The smallest absolute Gasteiger partial charge is 0.0993 e. The third-order valence-corrected chi connectivity index (χ3v) is 0.803. The molecular formula is C5H11NO2. The van der Waals surface area contributed by atoms with Gasteiger partial charge in [-0.15, -0.1) is 0 Å². The molecule has 0 aromatic rings. The predicted molar refractivity (Wildman–Crippen MR) is 31.0 cm³/mol. The van der Waals surface area contributed by atoms with Crippen LogP contribution in [0.5, 0.6) is 0 Å². The number of aliphatic hydroxyl groups is 2. The maximum Gasteiger partial charge on any atom is 0.0993 e. The Hall–Kier alpha value is -0.540. The fourth-order valence-electron chi connectivity index (χ4n) is 0.275. The van der Waals surface area contributed by atoms with Gasteiger partial charge < -0.3 is 15.9 Å². The summed E-state index contributed by atoms with van der Waals surface area (Å²) in [5.41, 5.74) is 4.92. The van der Waals surface area contributed by atoms with E-state index in [2.05, 4.69) is 0 Å². The van der Waals surface area contributed by atoms with Crippen molar-refractivity contribution in [3.63, 3.8) is 0 Å². The Morgan fingerprint density at radius 3 is 2.12 bits per heavy atom. The molecule has 0 heterocycles. The summed E-state index contributed by atoms with van der Waals surface area (Å²) in [5.74, 6) is 0. The molecule has 2 atom stereocenters. The Labute approximate surface area is 48.4 Å². The van der Waals surface area contributed by atoms with Crippen LogP contribution >= 0.6 is 0 Å². The minimum atomic E-state index is -0.833. The predicted octanol–water partition coefficient (Wildman–Crippen LogP) is -0.800. The molecule has 0 aliphatic carbocycles. The van der Waals surface area contributed by atoms with Crippen molar-refractivity contribution in [3.05, 3.63) is 12.3 Å². The van der Waals surface area contributed by atoms with Gasteiger partial charge in [0.05, 0.1) is 12.2 Å². The van der Waals surface area contributed by atoms with Crippen molar-refractivity contribution in [2.24, 2.45) is 5.73 Å². The summed E-state index contributed by atoms with van der Waals surface area (Å²) in [4.78, 5) is 0. The van der Waals surface area contributed by atoms with Crippen molar-refractivity contribution >= 4 is 0 Å². The van der Waals surface area contributed by atoms with E-state index >= 15 is 0 Å². The quantitative estimate of drug-likeness (QED) is 0.443. The molecule has 3 heteroatoms. The lowest BCUT2D eigenvalue weighted by Gasteiger charge is -2.06. The number of hydrogen-bond donors (Lipinski definition) is 3. The van der Waals surface area contributed by atoms with Gasteiger partial charge in [-0.05, 0) is 19.2 Å². The first kappa shape index (κ1) is 7.46. The Balaban J connectivity index is 3.47. The normalized spacial score (nSPS) is 18.9. The maximum atomic E-state index is 8.71. The highest BCUT2D eigenvalue weighted by Crippen LogP contribution is 1.90. The number of nitrogens with two attached hydrogens (primary N) is 1. The Bertz CT molecular complexity index is 80.5. The molecule has 0 spiro atoms. The summed E-state index contributed by atoms with van der Waals surface area (Å²) in [6, 6.07) is 0. The Morgan fingerprint density at radius 1 is 1.50 bits per heavy atom. The van der Waals surface area contributed by atoms with Gasteiger partial charge in [-0.3, -0.25) is 0 Å². The first-order chi connectivity index (χ1) is 3.68. The first-order valence-corrected chi connectivity index (χ1v) is 2.43. The molecular weight excluding hydrogens is 106 g/mol. The highest BCUT2D eigenvalue weighted by Gasteiger charge is 2.03. The van der Waals surface area contributed by atoms with Crippen molar-refractivity contribution in [2.75, 3.05) is 0 Å². The second-order valence-corrected chi connectivity index (χ2v) is 1.62. The van der Waals surface area contributed by atoms with Crippen molar-refractivity contribution in [1.29, 1.82) is 0 Å². The van der Waals surface area contributed by atoms with Gasteiger partial charge >= 0.3 is 0 Å². The van der Waals surface area contributed by atoms with Crippen LogP contribution < -0.4 is 5.73 Å². The van der Waals surface area contributed by atoms with Crippen molar-refractivity contribution < 1.29 is 10.2 Å². The molecule has 0 bridgehead atoms. The average Bonchev–Trinajstić information content (AvgIpc) is 1.67. The number of rotatable bonds is 2. The van der Waals surface area contributed by atoms with Gasteiger partial charge in [-0.2, -0.15) is 0 Å². The van der Waals surface area contributed by atoms with E-state index in [1.54, 1.807) is 0 Å². The van der Waals surface area contributed by atoms with Crippen LogP contribution in [-0.2, 0) is 0 Å². The fourth-order valence-corrected chi connectivity index (χ4v) is 0.275. The van der Waals surface area contributed by atoms with E-state index in [-0.39, 0.29) is 0 Å². The van der Waals surface area contributed by atoms with Crippen LogP contribution in [0, 0.1) is 0 Å². The largest absolute Gasteiger partial charge is 0.405 e. The maximum absolute atomic E-state index is 8.71. The van der Waals surface area contributed by atoms with Gasteiger partial charge in [-0.1, -0.05) is 0 Å². The number of hydrogen-bond acceptors (Lipinski definition) is 3. The minimum Gasteiger partial charge on any atom is -0.405 e. The molecule has 3 nitrogen and oxygen atoms in total. The molecule has 0 aliphatic heterocycles. The fraction of sp³-hybridized carbons (Fsp3) is 0.600. The zero-order valence-electron chi connectivity index (χ0n) is 4.78. The summed E-state index contributed by atoms with van der Waals surface area (Å²) < 4.78 is 0. The monoisotopic (exact) mass is 117 g/mol. The Morgan fingerprint density at radius 2 is 2.00 bits per heavy atom. The minimum absolute atomic E-state index is 0.741. The third kappa shape index (κ3) is 2.60. The summed E-state index contributed by atoms with van der Waals surface area (Å²) >= 11 is 0. The van der Waals surface area contributed by atoms with E-state index < -0.39 is 12.2 Å². The van der Waals surface area contributed by atoms with Crippen molar-refractivity contribution in [2.45, 2.75) is 19.1 Å². The summed E-state index contributed by atoms with van der Waals surface area (Å²) in [6.07, 6.45) is 0.956. The second-order valence-electron chi connectivity index (χ2n) is 1.62. The zero-order valence-corrected chi connectivity index (χ0v) is 4.78. The lowest BCUT2D eigenvalue weighted by Crippen LogP contribution is -2.19. The molecule has 8 heavy (non-hydrogen) atoms. The molecule has 4 N–H and O–H groups in total. The van der Waals surface area contributed by atoms with Gasteiger partial charge in [-0.25, -0.2) is 0 Å². The van der Waals surface area contributed by atoms with Gasteiger partial charge in [0.2, 0.25) is 0 Å². The molecule has 0 aromatic carbocycles. The van der Waals surface area contributed by atoms with E-state index in [9.17, 15) is 0 Å². The van der Waals surface area contributed by atoms with Gasteiger partial charge in [0.15, 0.2) is 0 Å².